The molecule has 0 rings (SSSR count). The Bertz CT molecular complexity index is 143. The van der Waals surface area contributed by atoms with Crippen molar-refractivity contribution in [1.29, 1.82) is 0 Å². The van der Waals surface area contributed by atoms with Gasteiger partial charge in [0, 0.05) is 13.5 Å². The van der Waals surface area contributed by atoms with Crippen molar-refractivity contribution in [3.63, 3.8) is 0 Å². The molecule has 0 unspecified atom stereocenters. The highest BCUT2D eigenvalue weighted by molar-refractivity contribution is 5.76. The molecule has 64 valence electrons. The third kappa shape index (κ3) is 4.56. The first-order chi connectivity index (χ1) is 5.22. The fraction of sp³-hybridized carbons (Fsp3) is 0.625. The predicted octanol–water partition coefficient (Wildman–Crippen LogP) is 1.36. The van der Waals surface area contributed by atoms with Crippen molar-refractivity contribution in [3.05, 3.63) is 12.2 Å². The van der Waals surface area contributed by atoms with E-state index in [4.69, 9.17) is 4.84 Å². The predicted molar refractivity (Wildman–Crippen MR) is 43.8 cm³/mol. The number of nitrogens with zero attached hydrogens (tertiary/aromatic N) is 1. The molecule has 0 aliphatic heterocycles. The number of hydrogen-bond donors (Lipinski definition) is 0. The lowest BCUT2D eigenvalue weighted by Gasteiger charge is -2.11. The van der Waals surface area contributed by atoms with Crippen LogP contribution in [0.4, 0.5) is 0 Å². The highest BCUT2D eigenvalue weighted by Crippen LogP contribution is 1.92. The van der Waals surface area contributed by atoms with Crippen molar-refractivity contribution < 1.29 is 9.63 Å². The van der Waals surface area contributed by atoms with E-state index in [2.05, 4.69) is 0 Å². The lowest BCUT2D eigenvalue weighted by Crippen LogP contribution is -2.24. The van der Waals surface area contributed by atoms with Gasteiger partial charge < -0.3 is 0 Å². The molecular weight excluding hydrogens is 142 g/mol. The maximum absolute atomic E-state index is 11.0. The molecule has 0 aromatic carbocycles. The van der Waals surface area contributed by atoms with Gasteiger partial charge in [0.1, 0.15) is 0 Å². The standard InChI is InChI=1S/C8H15NO2/c1-4-5-6-7-8(10)9(2)11-3/h5-6H,4,7H2,1-3H3/b6-5-. The summed E-state index contributed by atoms with van der Waals surface area (Å²) in [4.78, 5) is 15.7. The van der Waals surface area contributed by atoms with Gasteiger partial charge in [-0.3, -0.25) is 9.63 Å². The normalized spacial score (nSPS) is 10.5. The Hall–Kier alpha value is -0.830. The molecule has 3 nitrogen and oxygen atoms in total. The number of rotatable bonds is 4. The van der Waals surface area contributed by atoms with Crippen LogP contribution < -0.4 is 0 Å². The molecule has 0 aliphatic carbocycles. The second kappa shape index (κ2) is 5.92. The molecule has 0 saturated carbocycles. The van der Waals surface area contributed by atoms with Crippen LogP contribution in [0.15, 0.2) is 12.2 Å². The first-order valence-corrected chi connectivity index (χ1v) is 3.68. The summed E-state index contributed by atoms with van der Waals surface area (Å²) in [5.74, 6) is -0.0304. The van der Waals surface area contributed by atoms with E-state index in [0.29, 0.717) is 6.42 Å². The second-order valence-electron chi connectivity index (χ2n) is 2.16. The van der Waals surface area contributed by atoms with Crippen molar-refractivity contribution in [3.8, 4) is 0 Å². The minimum atomic E-state index is -0.0304. The Labute approximate surface area is 67.6 Å². The summed E-state index contributed by atoms with van der Waals surface area (Å²) in [5.41, 5.74) is 0. The first kappa shape index (κ1) is 10.2. The van der Waals surface area contributed by atoms with E-state index in [1.807, 2.05) is 19.1 Å². The molecule has 1 amide bonds. The molecule has 0 aliphatic rings. The summed E-state index contributed by atoms with van der Waals surface area (Å²) in [6.45, 7) is 2.03. The zero-order valence-corrected chi connectivity index (χ0v) is 7.33. The Morgan fingerprint density at radius 3 is 2.64 bits per heavy atom. The van der Waals surface area contributed by atoms with Crippen LogP contribution in [-0.4, -0.2) is 25.1 Å². The molecule has 0 aromatic heterocycles. The van der Waals surface area contributed by atoms with Gasteiger partial charge in [-0.1, -0.05) is 19.1 Å². The number of hydrogen-bond acceptors (Lipinski definition) is 2. The third-order valence-corrected chi connectivity index (χ3v) is 1.32. The van der Waals surface area contributed by atoms with Crippen LogP contribution in [0.2, 0.25) is 0 Å². The van der Waals surface area contributed by atoms with Gasteiger partial charge in [0.15, 0.2) is 0 Å². The van der Waals surface area contributed by atoms with Crippen molar-refractivity contribution >= 4 is 5.91 Å². The first-order valence-electron chi connectivity index (χ1n) is 3.68. The Morgan fingerprint density at radius 2 is 2.18 bits per heavy atom. The average Bonchev–Trinajstić information content (AvgIpc) is 2.03. The van der Waals surface area contributed by atoms with Crippen molar-refractivity contribution in [1.82, 2.24) is 5.06 Å². The molecule has 0 heterocycles. The second-order valence-corrected chi connectivity index (χ2v) is 2.16. The fourth-order valence-electron chi connectivity index (χ4n) is 0.581. The SMILES string of the molecule is CC/C=C\CC(=O)N(C)OC. The molecule has 0 N–H and O–H groups in total. The van der Waals surface area contributed by atoms with Crippen molar-refractivity contribution in [2.45, 2.75) is 19.8 Å². The van der Waals surface area contributed by atoms with E-state index in [1.54, 1.807) is 7.05 Å². The van der Waals surface area contributed by atoms with Crippen LogP contribution >= 0.6 is 0 Å². The van der Waals surface area contributed by atoms with E-state index < -0.39 is 0 Å². The maximum atomic E-state index is 11.0. The van der Waals surface area contributed by atoms with Gasteiger partial charge in [0.05, 0.1) is 7.11 Å². The Balaban J connectivity index is 3.60. The molecule has 0 radical (unpaired) electrons. The molecule has 11 heavy (non-hydrogen) atoms. The fourth-order valence-corrected chi connectivity index (χ4v) is 0.581. The van der Waals surface area contributed by atoms with E-state index >= 15 is 0 Å². The summed E-state index contributed by atoms with van der Waals surface area (Å²) in [6.07, 6.45) is 5.18. The topological polar surface area (TPSA) is 29.5 Å². The molecule has 0 bridgehead atoms. The van der Waals surface area contributed by atoms with E-state index in [9.17, 15) is 4.79 Å². The van der Waals surface area contributed by atoms with E-state index in [1.165, 1.54) is 12.2 Å². The average molecular weight is 157 g/mol. The smallest absolute Gasteiger partial charge is 0.249 e. The van der Waals surface area contributed by atoms with Crippen LogP contribution in [0.3, 0.4) is 0 Å². The summed E-state index contributed by atoms with van der Waals surface area (Å²) in [7, 11) is 3.07. The van der Waals surface area contributed by atoms with Gasteiger partial charge >= 0.3 is 0 Å². The number of carbonyl (C=O) groups is 1. The molecule has 0 fully saturated rings. The number of allylic oxidation sites excluding steroid dienone is 1. The van der Waals surface area contributed by atoms with Gasteiger partial charge in [-0.05, 0) is 6.42 Å². The Kier molecular flexibility index (Phi) is 5.47. The summed E-state index contributed by atoms with van der Waals surface area (Å²) >= 11 is 0. The minimum Gasteiger partial charge on any atom is -0.275 e. The number of hydroxylamine groups is 2. The van der Waals surface area contributed by atoms with Gasteiger partial charge in [-0.15, -0.1) is 0 Å². The third-order valence-electron chi connectivity index (χ3n) is 1.32. The summed E-state index contributed by atoms with van der Waals surface area (Å²) in [5, 5.41) is 1.22. The zero-order chi connectivity index (χ0) is 8.69. The van der Waals surface area contributed by atoms with Crippen LogP contribution in [0.5, 0.6) is 0 Å². The van der Waals surface area contributed by atoms with Crippen molar-refractivity contribution in [2.75, 3.05) is 14.2 Å². The molecule has 0 atom stereocenters. The largest absolute Gasteiger partial charge is 0.275 e. The Morgan fingerprint density at radius 1 is 1.55 bits per heavy atom. The van der Waals surface area contributed by atoms with Crippen LogP contribution in [0, 0.1) is 0 Å². The molecule has 0 spiro atoms. The lowest BCUT2D eigenvalue weighted by molar-refractivity contribution is -0.167. The van der Waals surface area contributed by atoms with Crippen LogP contribution in [-0.2, 0) is 9.63 Å². The zero-order valence-electron chi connectivity index (χ0n) is 7.33. The number of carbonyl (C=O) groups excluding carboxylic acids is 1. The minimum absolute atomic E-state index is 0.0304. The maximum Gasteiger partial charge on any atom is 0.249 e. The van der Waals surface area contributed by atoms with E-state index in [-0.39, 0.29) is 5.91 Å². The van der Waals surface area contributed by atoms with Gasteiger partial charge in [-0.2, -0.15) is 0 Å². The van der Waals surface area contributed by atoms with Gasteiger partial charge in [-0.25, -0.2) is 5.06 Å². The summed E-state index contributed by atoms with van der Waals surface area (Å²) < 4.78 is 0. The molecular formula is C8H15NO2. The van der Waals surface area contributed by atoms with E-state index in [0.717, 1.165) is 6.42 Å². The van der Waals surface area contributed by atoms with Crippen LogP contribution in [0.1, 0.15) is 19.8 Å². The molecule has 3 heteroatoms. The van der Waals surface area contributed by atoms with Crippen molar-refractivity contribution in [2.24, 2.45) is 0 Å². The highest BCUT2D eigenvalue weighted by atomic mass is 16.7. The quantitative estimate of drug-likeness (QED) is 0.455. The monoisotopic (exact) mass is 157 g/mol. The molecule has 0 saturated heterocycles. The molecule has 0 aromatic rings. The van der Waals surface area contributed by atoms with Gasteiger partial charge in [0.25, 0.3) is 0 Å². The van der Waals surface area contributed by atoms with Gasteiger partial charge in [0.2, 0.25) is 5.91 Å². The highest BCUT2D eigenvalue weighted by Gasteiger charge is 2.03. The lowest BCUT2D eigenvalue weighted by atomic mass is 10.3. The summed E-state index contributed by atoms with van der Waals surface area (Å²) in [6, 6.07) is 0. The number of amides is 1. The van der Waals surface area contributed by atoms with Crippen LogP contribution in [0.25, 0.3) is 0 Å².